The molecule has 0 radical (unpaired) electrons. The molecule has 1 atom stereocenters. The minimum atomic E-state index is 0.0420. The lowest BCUT2D eigenvalue weighted by Crippen LogP contribution is -2.53. The van der Waals surface area contributed by atoms with Crippen LogP contribution in [0, 0.1) is 0 Å². The molecular weight excluding hydrogens is 250 g/mol. The van der Waals surface area contributed by atoms with Crippen molar-refractivity contribution < 1.29 is 4.74 Å². The lowest BCUT2D eigenvalue weighted by Gasteiger charge is -2.43. The molecule has 2 rings (SSSR count). The van der Waals surface area contributed by atoms with Crippen molar-refractivity contribution in [2.24, 2.45) is 7.05 Å². The van der Waals surface area contributed by atoms with Gasteiger partial charge in [-0.3, -0.25) is 4.68 Å². The van der Waals surface area contributed by atoms with E-state index in [2.05, 4.69) is 30.5 Å². The van der Waals surface area contributed by atoms with Crippen molar-refractivity contribution in [1.29, 1.82) is 0 Å². The zero-order valence-corrected chi connectivity index (χ0v) is 13.2. The van der Waals surface area contributed by atoms with Gasteiger partial charge in [0.1, 0.15) is 0 Å². The average molecular weight is 279 g/mol. The second-order valence-corrected chi connectivity index (χ2v) is 5.88. The van der Waals surface area contributed by atoms with Gasteiger partial charge in [0.15, 0.2) is 0 Å². The standard InChI is InChI=1S/C16H29N3O/c1-4-20-16(11-6-5-7-12-16)15(17-2)9-8-14-10-13-18-19(14)3/h10,13,15,17H,4-9,11-12H2,1-3H3. The summed E-state index contributed by atoms with van der Waals surface area (Å²) in [5.74, 6) is 0. The number of nitrogens with one attached hydrogen (secondary N) is 1. The number of aryl methyl sites for hydroxylation is 2. The molecule has 114 valence electrons. The van der Waals surface area contributed by atoms with Crippen LogP contribution in [0.3, 0.4) is 0 Å². The Morgan fingerprint density at radius 3 is 2.70 bits per heavy atom. The summed E-state index contributed by atoms with van der Waals surface area (Å²) in [5, 5.41) is 7.78. The van der Waals surface area contributed by atoms with Gasteiger partial charge >= 0.3 is 0 Å². The largest absolute Gasteiger partial charge is 0.374 e. The van der Waals surface area contributed by atoms with E-state index in [1.54, 1.807) is 0 Å². The first-order valence-electron chi connectivity index (χ1n) is 8.00. The van der Waals surface area contributed by atoms with Gasteiger partial charge in [0.25, 0.3) is 0 Å². The maximum absolute atomic E-state index is 6.24. The molecule has 0 aromatic carbocycles. The fourth-order valence-corrected chi connectivity index (χ4v) is 3.64. The summed E-state index contributed by atoms with van der Waals surface area (Å²) < 4.78 is 8.21. The third-order valence-corrected chi connectivity index (χ3v) is 4.73. The van der Waals surface area contributed by atoms with Gasteiger partial charge in [-0.1, -0.05) is 19.3 Å². The predicted octanol–water partition coefficient (Wildman–Crippen LogP) is 2.68. The summed E-state index contributed by atoms with van der Waals surface area (Å²) in [7, 11) is 4.09. The summed E-state index contributed by atoms with van der Waals surface area (Å²) >= 11 is 0. The van der Waals surface area contributed by atoms with Gasteiger partial charge in [0, 0.05) is 31.6 Å². The van der Waals surface area contributed by atoms with Crippen molar-refractivity contribution in [3.05, 3.63) is 18.0 Å². The summed E-state index contributed by atoms with van der Waals surface area (Å²) in [6.07, 6.45) is 10.4. The highest BCUT2D eigenvalue weighted by Gasteiger charge is 2.39. The zero-order valence-electron chi connectivity index (χ0n) is 13.2. The first-order chi connectivity index (χ1) is 9.72. The summed E-state index contributed by atoms with van der Waals surface area (Å²) in [5.41, 5.74) is 1.34. The number of rotatable bonds is 7. The van der Waals surface area contributed by atoms with E-state index in [-0.39, 0.29) is 5.60 Å². The molecule has 0 bridgehead atoms. The van der Waals surface area contributed by atoms with Gasteiger partial charge in [0.2, 0.25) is 0 Å². The third kappa shape index (κ3) is 3.41. The molecule has 1 fully saturated rings. The molecule has 0 aliphatic heterocycles. The number of hydrogen-bond donors (Lipinski definition) is 1. The molecule has 1 aliphatic carbocycles. The van der Waals surface area contributed by atoms with Gasteiger partial charge in [-0.25, -0.2) is 0 Å². The van der Waals surface area contributed by atoms with E-state index in [9.17, 15) is 0 Å². The molecule has 4 heteroatoms. The van der Waals surface area contributed by atoms with E-state index < -0.39 is 0 Å². The van der Waals surface area contributed by atoms with Crippen LogP contribution in [0.15, 0.2) is 12.3 Å². The van der Waals surface area contributed by atoms with Crippen LogP contribution in [-0.2, 0) is 18.2 Å². The predicted molar refractivity (Wildman–Crippen MR) is 81.8 cm³/mol. The highest BCUT2D eigenvalue weighted by atomic mass is 16.5. The Bertz CT molecular complexity index is 391. The van der Waals surface area contributed by atoms with Gasteiger partial charge in [-0.2, -0.15) is 5.10 Å². The van der Waals surface area contributed by atoms with Gasteiger partial charge in [0.05, 0.1) is 5.60 Å². The normalized spacial score (nSPS) is 19.9. The second kappa shape index (κ2) is 7.23. The molecule has 1 aromatic rings. The van der Waals surface area contributed by atoms with Gasteiger partial charge < -0.3 is 10.1 Å². The van der Waals surface area contributed by atoms with Crippen LogP contribution >= 0.6 is 0 Å². The van der Waals surface area contributed by atoms with E-state index in [1.165, 1.54) is 37.8 Å². The van der Waals surface area contributed by atoms with E-state index in [0.717, 1.165) is 19.4 Å². The van der Waals surface area contributed by atoms with Crippen molar-refractivity contribution in [3.63, 3.8) is 0 Å². The van der Waals surface area contributed by atoms with Crippen LogP contribution < -0.4 is 5.32 Å². The van der Waals surface area contributed by atoms with Crippen LogP contribution in [0.2, 0.25) is 0 Å². The molecule has 1 aromatic heterocycles. The Kier molecular flexibility index (Phi) is 5.61. The van der Waals surface area contributed by atoms with Gasteiger partial charge in [-0.15, -0.1) is 0 Å². The molecule has 1 aliphatic rings. The smallest absolute Gasteiger partial charge is 0.0834 e. The highest BCUT2D eigenvalue weighted by molar-refractivity contribution is 5.03. The molecule has 0 saturated heterocycles. The van der Waals surface area contributed by atoms with Crippen LogP contribution in [0.25, 0.3) is 0 Å². The number of nitrogens with zero attached hydrogens (tertiary/aromatic N) is 2. The summed E-state index contributed by atoms with van der Waals surface area (Å²) in [6.45, 7) is 2.92. The van der Waals surface area contributed by atoms with Crippen molar-refractivity contribution in [2.75, 3.05) is 13.7 Å². The molecule has 1 unspecified atom stereocenters. The maximum Gasteiger partial charge on any atom is 0.0834 e. The van der Waals surface area contributed by atoms with Crippen molar-refractivity contribution in [3.8, 4) is 0 Å². The Balaban J connectivity index is 2.02. The van der Waals surface area contributed by atoms with Crippen LogP contribution in [0.5, 0.6) is 0 Å². The first-order valence-corrected chi connectivity index (χ1v) is 8.00. The SMILES string of the molecule is CCOC1(C(CCc2ccnn2C)NC)CCCCC1. The maximum atomic E-state index is 6.24. The summed E-state index contributed by atoms with van der Waals surface area (Å²) in [4.78, 5) is 0. The molecule has 0 amide bonds. The van der Waals surface area contributed by atoms with Crippen LogP contribution in [0.1, 0.15) is 51.1 Å². The lowest BCUT2D eigenvalue weighted by molar-refractivity contribution is -0.0900. The van der Waals surface area contributed by atoms with Crippen molar-refractivity contribution >= 4 is 0 Å². The third-order valence-electron chi connectivity index (χ3n) is 4.73. The van der Waals surface area contributed by atoms with Crippen LogP contribution in [-0.4, -0.2) is 35.1 Å². The van der Waals surface area contributed by atoms with E-state index in [0.29, 0.717) is 6.04 Å². The minimum Gasteiger partial charge on any atom is -0.374 e. The molecule has 1 heterocycles. The first kappa shape index (κ1) is 15.5. The highest BCUT2D eigenvalue weighted by Crippen LogP contribution is 2.36. The topological polar surface area (TPSA) is 39.1 Å². The van der Waals surface area contributed by atoms with Crippen molar-refractivity contribution in [1.82, 2.24) is 15.1 Å². The fourth-order valence-electron chi connectivity index (χ4n) is 3.64. The monoisotopic (exact) mass is 279 g/mol. The molecule has 0 spiro atoms. The van der Waals surface area contributed by atoms with E-state index >= 15 is 0 Å². The molecule has 20 heavy (non-hydrogen) atoms. The number of likely N-dealkylation sites (N-methyl/N-ethyl adjacent to an activating group) is 1. The van der Waals surface area contributed by atoms with Gasteiger partial charge in [-0.05, 0) is 45.7 Å². The van der Waals surface area contributed by atoms with E-state index in [4.69, 9.17) is 4.74 Å². The molecule has 4 nitrogen and oxygen atoms in total. The fraction of sp³-hybridized carbons (Fsp3) is 0.812. The summed E-state index contributed by atoms with van der Waals surface area (Å²) in [6, 6.07) is 2.54. The Morgan fingerprint density at radius 2 is 2.15 bits per heavy atom. The zero-order chi connectivity index (χ0) is 14.4. The molecular formula is C16H29N3O. The Hall–Kier alpha value is -0.870. The number of hydrogen-bond acceptors (Lipinski definition) is 3. The average Bonchev–Trinajstić information content (AvgIpc) is 2.86. The van der Waals surface area contributed by atoms with Crippen LogP contribution in [0.4, 0.5) is 0 Å². The lowest BCUT2D eigenvalue weighted by atomic mass is 9.77. The van der Waals surface area contributed by atoms with E-state index in [1.807, 2.05) is 17.9 Å². The second-order valence-electron chi connectivity index (χ2n) is 5.88. The van der Waals surface area contributed by atoms with Crippen molar-refractivity contribution in [2.45, 2.75) is 63.5 Å². The molecule has 1 N–H and O–H groups in total. The molecule has 1 saturated carbocycles. The number of ether oxygens (including phenoxy) is 1. The minimum absolute atomic E-state index is 0.0420. The Labute approximate surface area is 122 Å². The number of aromatic nitrogens is 2. The quantitative estimate of drug-likeness (QED) is 0.834. The Morgan fingerprint density at radius 1 is 1.40 bits per heavy atom.